The number of hydrogen-bond acceptors (Lipinski definition) is 3. The SMILES string of the molecule is CCCC(=O)OC1CCN(Cc2ccccc2)CC1. The van der Waals surface area contributed by atoms with Crippen molar-refractivity contribution >= 4 is 5.97 Å². The summed E-state index contributed by atoms with van der Waals surface area (Å²) in [5.41, 5.74) is 1.35. The lowest BCUT2D eigenvalue weighted by molar-refractivity contribution is -0.151. The van der Waals surface area contributed by atoms with Gasteiger partial charge in [0.1, 0.15) is 6.10 Å². The van der Waals surface area contributed by atoms with Crippen molar-refractivity contribution in [2.45, 2.75) is 45.3 Å². The zero-order valence-electron chi connectivity index (χ0n) is 11.7. The Morgan fingerprint density at radius 2 is 1.95 bits per heavy atom. The molecule has 1 aromatic carbocycles. The van der Waals surface area contributed by atoms with E-state index in [1.54, 1.807) is 0 Å². The molecular formula is C16H23NO2. The van der Waals surface area contributed by atoms with Gasteiger partial charge in [-0.25, -0.2) is 0 Å². The topological polar surface area (TPSA) is 29.5 Å². The van der Waals surface area contributed by atoms with Crippen molar-refractivity contribution in [1.29, 1.82) is 0 Å². The molecule has 1 aliphatic heterocycles. The smallest absolute Gasteiger partial charge is 0.306 e. The lowest BCUT2D eigenvalue weighted by Crippen LogP contribution is -2.37. The second kappa shape index (κ2) is 7.29. The van der Waals surface area contributed by atoms with Crippen molar-refractivity contribution in [2.24, 2.45) is 0 Å². The Kier molecular flexibility index (Phi) is 5.40. The van der Waals surface area contributed by atoms with E-state index in [-0.39, 0.29) is 12.1 Å². The third kappa shape index (κ3) is 4.67. The van der Waals surface area contributed by atoms with Gasteiger partial charge in [-0.2, -0.15) is 0 Å². The minimum absolute atomic E-state index is 0.0380. The van der Waals surface area contributed by atoms with Crippen LogP contribution in [0, 0.1) is 0 Å². The zero-order chi connectivity index (χ0) is 13.5. The van der Waals surface area contributed by atoms with Crippen LogP contribution in [0.1, 0.15) is 38.2 Å². The minimum Gasteiger partial charge on any atom is -0.462 e. The van der Waals surface area contributed by atoms with E-state index in [0.29, 0.717) is 6.42 Å². The summed E-state index contributed by atoms with van der Waals surface area (Å²) in [4.78, 5) is 13.9. The average molecular weight is 261 g/mol. The molecule has 1 heterocycles. The molecule has 1 fully saturated rings. The molecule has 0 amide bonds. The summed E-state index contributed by atoms with van der Waals surface area (Å²) in [6.45, 7) is 5.03. The Labute approximate surface area is 115 Å². The Morgan fingerprint density at radius 3 is 2.58 bits per heavy atom. The highest BCUT2D eigenvalue weighted by atomic mass is 16.5. The van der Waals surface area contributed by atoms with Gasteiger partial charge in [0.25, 0.3) is 0 Å². The summed E-state index contributed by atoms with van der Waals surface area (Å²) >= 11 is 0. The molecular weight excluding hydrogens is 238 g/mol. The number of carbonyl (C=O) groups is 1. The number of ether oxygens (including phenoxy) is 1. The largest absolute Gasteiger partial charge is 0.462 e. The Morgan fingerprint density at radius 1 is 1.26 bits per heavy atom. The van der Waals surface area contributed by atoms with Crippen molar-refractivity contribution in [1.82, 2.24) is 4.90 Å². The number of piperidine rings is 1. The normalized spacial score (nSPS) is 17.3. The van der Waals surface area contributed by atoms with Gasteiger partial charge < -0.3 is 4.74 Å². The molecule has 0 bridgehead atoms. The van der Waals surface area contributed by atoms with Gasteiger partial charge >= 0.3 is 5.97 Å². The van der Waals surface area contributed by atoms with E-state index in [0.717, 1.165) is 38.9 Å². The van der Waals surface area contributed by atoms with Gasteiger partial charge in [-0.15, -0.1) is 0 Å². The van der Waals surface area contributed by atoms with Gasteiger partial charge in [0.05, 0.1) is 0 Å². The molecule has 1 saturated heterocycles. The van der Waals surface area contributed by atoms with Crippen LogP contribution in [0.25, 0.3) is 0 Å². The molecule has 1 aromatic rings. The first kappa shape index (κ1) is 14.1. The number of rotatable bonds is 5. The zero-order valence-corrected chi connectivity index (χ0v) is 11.7. The Balaban J connectivity index is 1.72. The lowest BCUT2D eigenvalue weighted by atomic mass is 10.1. The third-order valence-electron chi connectivity index (χ3n) is 3.54. The molecule has 0 unspecified atom stereocenters. The third-order valence-corrected chi connectivity index (χ3v) is 3.54. The maximum absolute atomic E-state index is 11.4. The maximum atomic E-state index is 11.4. The first-order valence-electron chi connectivity index (χ1n) is 7.23. The highest BCUT2D eigenvalue weighted by Crippen LogP contribution is 2.16. The van der Waals surface area contributed by atoms with Gasteiger partial charge in [0.2, 0.25) is 0 Å². The summed E-state index contributed by atoms with van der Waals surface area (Å²) < 4.78 is 5.46. The number of nitrogens with zero attached hydrogens (tertiary/aromatic N) is 1. The Bertz CT molecular complexity index is 383. The standard InChI is InChI=1S/C16H23NO2/c1-2-6-16(18)19-15-9-11-17(12-10-15)13-14-7-4-3-5-8-14/h3-5,7-8,15H,2,6,9-13H2,1H3. The van der Waals surface area contributed by atoms with E-state index < -0.39 is 0 Å². The Hall–Kier alpha value is -1.35. The average Bonchev–Trinajstić information content (AvgIpc) is 2.42. The van der Waals surface area contributed by atoms with E-state index in [4.69, 9.17) is 4.74 Å². The molecule has 0 N–H and O–H groups in total. The molecule has 3 nitrogen and oxygen atoms in total. The summed E-state index contributed by atoms with van der Waals surface area (Å²) in [7, 11) is 0. The molecule has 0 aromatic heterocycles. The number of likely N-dealkylation sites (tertiary alicyclic amines) is 1. The summed E-state index contributed by atoms with van der Waals surface area (Å²) in [5.74, 6) is -0.0380. The second-order valence-corrected chi connectivity index (χ2v) is 5.20. The van der Waals surface area contributed by atoms with Crippen LogP contribution in [0.4, 0.5) is 0 Å². The van der Waals surface area contributed by atoms with Crippen LogP contribution in [-0.4, -0.2) is 30.1 Å². The van der Waals surface area contributed by atoms with Gasteiger partial charge in [-0.05, 0) is 24.8 Å². The van der Waals surface area contributed by atoms with Crippen molar-refractivity contribution < 1.29 is 9.53 Å². The van der Waals surface area contributed by atoms with E-state index in [2.05, 4.69) is 29.2 Å². The van der Waals surface area contributed by atoms with E-state index in [1.165, 1.54) is 5.56 Å². The first-order valence-corrected chi connectivity index (χ1v) is 7.23. The highest BCUT2D eigenvalue weighted by molar-refractivity contribution is 5.69. The first-order chi connectivity index (χ1) is 9.28. The molecule has 0 aliphatic carbocycles. The fourth-order valence-electron chi connectivity index (χ4n) is 2.48. The van der Waals surface area contributed by atoms with Crippen molar-refractivity contribution in [3.63, 3.8) is 0 Å². The molecule has 0 saturated carbocycles. The molecule has 0 spiro atoms. The van der Waals surface area contributed by atoms with Crippen LogP contribution < -0.4 is 0 Å². The lowest BCUT2D eigenvalue weighted by Gasteiger charge is -2.31. The van der Waals surface area contributed by atoms with E-state index in [1.807, 2.05) is 13.0 Å². The van der Waals surface area contributed by atoms with Gasteiger partial charge in [-0.1, -0.05) is 37.3 Å². The molecule has 0 radical (unpaired) electrons. The van der Waals surface area contributed by atoms with Gasteiger partial charge in [0.15, 0.2) is 0 Å². The fourth-order valence-corrected chi connectivity index (χ4v) is 2.48. The fraction of sp³-hybridized carbons (Fsp3) is 0.562. The van der Waals surface area contributed by atoms with Gasteiger partial charge in [0, 0.05) is 26.1 Å². The van der Waals surface area contributed by atoms with Crippen LogP contribution in [0.5, 0.6) is 0 Å². The van der Waals surface area contributed by atoms with Gasteiger partial charge in [-0.3, -0.25) is 9.69 Å². The number of hydrogen-bond donors (Lipinski definition) is 0. The van der Waals surface area contributed by atoms with Crippen LogP contribution in [0.15, 0.2) is 30.3 Å². The number of benzene rings is 1. The summed E-state index contributed by atoms with van der Waals surface area (Å²) in [6.07, 6.45) is 3.46. The van der Waals surface area contributed by atoms with Crippen molar-refractivity contribution in [3.8, 4) is 0 Å². The second-order valence-electron chi connectivity index (χ2n) is 5.20. The predicted molar refractivity (Wildman–Crippen MR) is 75.7 cm³/mol. The van der Waals surface area contributed by atoms with Crippen LogP contribution >= 0.6 is 0 Å². The molecule has 104 valence electrons. The molecule has 3 heteroatoms. The number of esters is 1. The van der Waals surface area contributed by atoms with E-state index >= 15 is 0 Å². The van der Waals surface area contributed by atoms with Crippen LogP contribution in [0.2, 0.25) is 0 Å². The quantitative estimate of drug-likeness (QED) is 0.763. The molecule has 1 aliphatic rings. The van der Waals surface area contributed by atoms with Crippen LogP contribution in [0.3, 0.4) is 0 Å². The van der Waals surface area contributed by atoms with E-state index in [9.17, 15) is 4.79 Å². The number of carbonyl (C=O) groups excluding carboxylic acids is 1. The molecule has 19 heavy (non-hydrogen) atoms. The minimum atomic E-state index is -0.0380. The van der Waals surface area contributed by atoms with Crippen LogP contribution in [-0.2, 0) is 16.1 Å². The highest BCUT2D eigenvalue weighted by Gasteiger charge is 2.21. The summed E-state index contributed by atoms with van der Waals surface area (Å²) in [5, 5.41) is 0. The van der Waals surface area contributed by atoms with Crippen molar-refractivity contribution in [3.05, 3.63) is 35.9 Å². The summed E-state index contributed by atoms with van der Waals surface area (Å²) in [6, 6.07) is 10.5. The predicted octanol–water partition coefficient (Wildman–Crippen LogP) is 2.99. The maximum Gasteiger partial charge on any atom is 0.306 e. The monoisotopic (exact) mass is 261 g/mol. The van der Waals surface area contributed by atoms with Crippen molar-refractivity contribution in [2.75, 3.05) is 13.1 Å². The molecule has 2 rings (SSSR count). The molecule has 0 atom stereocenters.